The molecule has 0 aliphatic carbocycles. The van der Waals surface area contributed by atoms with E-state index in [2.05, 4.69) is 9.69 Å². The maximum absolute atomic E-state index is 9.03. The lowest BCUT2D eigenvalue weighted by atomic mass is 9.80. The summed E-state index contributed by atoms with van der Waals surface area (Å²) >= 11 is 0. The van der Waals surface area contributed by atoms with Crippen molar-refractivity contribution in [1.29, 1.82) is 0 Å². The van der Waals surface area contributed by atoms with E-state index >= 15 is 0 Å². The smallest absolute Gasteiger partial charge is 0.423 e. The maximum Gasteiger partial charge on any atom is 0.488 e. The van der Waals surface area contributed by atoms with Gasteiger partial charge in [0.05, 0.1) is 13.1 Å². The zero-order valence-electron chi connectivity index (χ0n) is 9.91. The summed E-state index contributed by atoms with van der Waals surface area (Å²) in [6.07, 6.45) is 0. The molecule has 19 heavy (non-hydrogen) atoms. The predicted octanol–water partition coefficient (Wildman–Crippen LogP) is 2.13. The summed E-state index contributed by atoms with van der Waals surface area (Å²) in [6, 6.07) is 11.6. The zero-order chi connectivity index (χ0) is 13.8. The summed E-state index contributed by atoms with van der Waals surface area (Å²) < 4.78 is 0. The van der Waals surface area contributed by atoms with Crippen molar-refractivity contribution in [3.63, 3.8) is 0 Å². The van der Waals surface area contributed by atoms with Crippen LogP contribution < -0.4 is 5.46 Å². The van der Waals surface area contributed by atoms with Crippen LogP contribution in [0.2, 0.25) is 0 Å². The highest BCUT2D eigenvalue weighted by Gasteiger charge is 2.10. The van der Waals surface area contributed by atoms with Gasteiger partial charge in [-0.15, -0.1) is 0 Å². The summed E-state index contributed by atoms with van der Waals surface area (Å²) in [7, 11) is -1.50. The molecule has 2 aromatic carbocycles. The van der Waals surface area contributed by atoms with Gasteiger partial charge >= 0.3 is 7.12 Å². The average Bonchev–Trinajstić information content (AvgIpc) is 2.46. The van der Waals surface area contributed by atoms with E-state index in [1.54, 1.807) is 36.4 Å². The van der Waals surface area contributed by atoms with Crippen molar-refractivity contribution in [3.8, 4) is 11.1 Å². The van der Waals surface area contributed by atoms with Crippen LogP contribution in [0.15, 0.2) is 42.5 Å². The monoisotopic (exact) mass is 248 g/mol. The number of hydrogen-bond acceptors (Lipinski definition) is 2. The van der Waals surface area contributed by atoms with Gasteiger partial charge in [0, 0.05) is 0 Å². The van der Waals surface area contributed by atoms with Gasteiger partial charge in [0.25, 0.3) is 0 Å². The molecule has 0 saturated carbocycles. The van der Waals surface area contributed by atoms with Crippen LogP contribution in [0.1, 0.15) is 0 Å². The quantitative estimate of drug-likeness (QED) is 0.631. The number of benzene rings is 2. The first-order chi connectivity index (χ1) is 9.13. The van der Waals surface area contributed by atoms with E-state index in [0.717, 1.165) is 11.1 Å². The molecule has 2 aromatic rings. The third-order valence-electron chi connectivity index (χ3n) is 2.70. The minimum atomic E-state index is -1.50. The SMILES string of the molecule is [C-]#[N+]c1cc([N+]#[C-])cc(-c2ccc(B(O)O)cc2)c1. The Morgan fingerprint density at radius 2 is 1.32 bits per heavy atom. The van der Waals surface area contributed by atoms with E-state index in [0.29, 0.717) is 16.8 Å². The van der Waals surface area contributed by atoms with E-state index in [9.17, 15) is 0 Å². The highest BCUT2D eigenvalue weighted by Crippen LogP contribution is 2.30. The van der Waals surface area contributed by atoms with Crippen molar-refractivity contribution in [3.05, 3.63) is 65.3 Å². The second-order valence-electron chi connectivity index (χ2n) is 3.96. The van der Waals surface area contributed by atoms with Crippen LogP contribution in [0.3, 0.4) is 0 Å². The van der Waals surface area contributed by atoms with E-state index in [1.165, 1.54) is 6.07 Å². The van der Waals surface area contributed by atoms with Crippen molar-refractivity contribution < 1.29 is 10.0 Å². The van der Waals surface area contributed by atoms with Gasteiger partial charge in [-0.25, -0.2) is 9.69 Å². The summed E-state index contributed by atoms with van der Waals surface area (Å²) in [6.45, 7) is 14.0. The zero-order valence-corrected chi connectivity index (χ0v) is 9.91. The topological polar surface area (TPSA) is 49.2 Å². The standard InChI is InChI=1S/C14H9BN2O2/c1-16-13-7-11(8-14(9-13)17-2)10-3-5-12(6-4-10)15(18)19/h3-9,18-19H. The molecule has 0 aromatic heterocycles. The fourth-order valence-corrected chi connectivity index (χ4v) is 1.74. The van der Waals surface area contributed by atoms with Crippen LogP contribution in [-0.4, -0.2) is 17.2 Å². The molecular weight excluding hydrogens is 239 g/mol. The fourth-order valence-electron chi connectivity index (χ4n) is 1.74. The molecule has 0 bridgehead atoms. The van der Waals surface area contributed by atoms with Crippen LogP contribution in [0.25, 0.3) is 20.8 Å². The lowest BCUT2D eigenvalue weighted by molar-refractivity contribution is 0.426. The third kappa shape index (κ3) is 2.81. The van der Waals surface area contributed by atoms with Gasteiger partial charge in [-0.3, -0.25) is 0 Å². The molecule has 4 nitrogen and oxygen atoms in total. The van der Waals surface area contributed by atoms with Crippen molar-refractivity contribution in [2.45, 2.75) is 0 Å². The van der Waals surface area contributed by atoms with Gasteiger partial charge < -0.3 is 10.0 Å². The Bertz CT molecular complexity index is 650. The molecule has 0 spiro atoms. The Labute approximate surface area is 111 Å². The second-order valence-corrected chi connectivity index (χ2v) is 3.96. The Morgan fingerprint density at radius 1 is 0.789 bits per heavy atom. The third-order valence-corrected chi connectivity index (χ3v) is 2.70. The molecule has 0 saturated heterocycles. The molecular formula is C14H9BN2O2. The second kappa shape index (κ2) is 5.37. The van der Waals surface area contributed by atoms with Crippen molar-refractivity contribution in [2.75, 3.05) is 0 Å². The van der Waals surface area contributed by atoms with E-state index < -0.39 is 7.12 Å². The van der Waals surface area contributed by atoms with Crippen LogP contribution >= 0.6 is 0 Å². The van der Waals surface area contributed by atoms with Crippen LogP contribution in [0, 0.1) is 13.1 Å². The molecule has 2 rings (SSSR count). The van der Waals surface area contributed by atoms with Crippen molar-refractivity contribution >= 4 is 24.0 Å². The average molecular weight is 248 g/mol. The highest BCUT2D eigenvalue weighted by molar-refractivity contribution is 6.58. The minimum Gasteiger partial charge on any atom is -0.423 e. The molecule has 0 amide bonds. The first kappa shape index (κ1) is 12.9. The van der Waals surface area contributed by atoms with E-state index in [4.69, 9.17) is 23.2 Å². The largest absolute Gasteiger partial charge is 0.488 e. The fraction of sp³-hybridized carbons (Fsp3) is 0. The molecule has 5 heteroatoms. The van der Waals surface area contributed by atoms with Crippen LogP contribution in [-0.2, 0) is 0 Å². The van der Waals surface area contributed by atoms with E-state index in [1.807, 2.05) is 0 Å². The summed E-state index contributed by atoms with van der Waals surface area (Å²) in [5, 5.41) is 18.1. The molecule has 0 radical (unpaired) electrons. The van der Waals surface area contributed by atoms with Crippen molar-refractivity contribution in [2.24, 2.45) is 0 Å². The lowest BCUT2D eigenvalue weighted by Crippen LogP contribution is -2.29. The molecule has 90 valence electrons. The Kier molecular flexibility index (Phi) is 3.63. The normalized spacial score (nSPS) is 9.47. The molecule has 0 fully saturated rings. The highest BCUT2D eigenvalue weighted by atomic mass is 16.4. The summed E-state index contributed by atoms with van der Waals surface area (Å²) in [4.78, 5) is 6.68. The number of rotatable bonds is 2. The molecule has 2 N–H and O–H groups in total. The maximum atomic E-state index is 9.03. The van der Waals surface area contributed by atoms with Gasteiger partial charge in [-0.1, -0.05) is 42.5 Å². The first-order valence-corrected chi connectivity index (χ1v) is 5.50. The predicted molar refractivity (Wildman–Crippen MR) is 74.2 cm³/mol. The van der Waals surface area contributed by atoms with Gasteiger partial charge in [0.15, 0.2) is 11.4 Å². The number of hydrogen-bond donors (Lipinski definition) is 2. The number of nitrogens with zero attached hydrogens (tertiary/aromatic N) is 2. The van der Waals surface area contributed by atoms with Gasteiger partial charge in [0.1, 0.15) is 0 Å². The molecule has 0 aliphatic rings. The minimum absolute atomic E-state index is 0.399. The van der Waals surface area contributed by atoms with Crippen LogP contribution in [0.5, 0.6) is 0 Å². The van der Waals surface area contributed by atoms with Crippen LogP contribution in [0.4, 0.5) is 11.4 Å². The summed E-state index contributed by atoms with van der Waals surface area (Å²) in [5.74, 6) is 0. The molecule has 0 heterocycles. The lowest BCUT2D eigenvalue weighted by Gasteiger charge is -2.05. The molecule has 0 unspecified atom stereocenters. The Balaban J connectivity index is 2.47. The van der Waals surface area contributed by atoms with Crippen molar-refractivity contribution in [1.82, 2.24) is 0 Å². The molecule has 0 aliphatic heterocycles. The Morgan fingerprint density at radius 3 is 1.74 bits per heavy atom. The first-order valence-electron chi connectivity index (χ1n) is 5.50. The molecule has 0 atom stereocenters. The Hall–Kier alpha value is -2.60. The van der Waals surface area contributed by atoms with Gasteiger partial charge in [-0.2, -0.15) is 0 Å². The van der Waals surface area contributed by atoms with Gasteiger partial charge in [-0.05, 0) is 16.6 Å². The summed E-state index contributed by atoms with van der Waals surface area (Å²) in [5.41, 5.74) is 2.80. The van der Waals surface area contributed by atoms with E-state index in [-0.39, 0.29) is 0 Å². The van der Waals surface area contributed by atoms with Gasteiger partial charge in [0.2, 0.25) is 0 Å².